The summed E-state index contributed by atoms with van der Waals surface area (Å²) in [6.07, 6.45) is 5.70. The van der Waals surface area contributed by atoms with Crippen LogP contribution in [0.5, 0.6) is 0 Å². The van der Waals surface area contributed by atoms with Crippen molar-refractivity contribution in [2.75, 3.05) is 6.54 Å². The van der Waals surface area contributed by atoms with Crippen LogP contribution in [0.4, 0.5) is 0 Å². The highest BCUT2D eigenvalue weighted by Crippen LogP contribution is 2.18. The molecule has 6 nitrogen and oxygen atoms in total. The standard InChI is InChI=1S/C18H20N6/c1-2-18-19-10-14-8-9-23(13-17(14)21-18)12-15-11-20-24(22-15)16-6-4-3-5-7-16/h3-7,10-11H,2,8-9,12-13H2,1H3. The van der Waals surface area contributed by atoms with Crippen molar-refractivity contribution in [3.8, 4) is 5.69 Å². The van der Waals surface area contributed by atoms with E-state index in [0.29, 0.717) is 0 Å². The van der Waals surface area contributed by atoms with E-state index in [1.54, 1.807) is 4.80 Å². The third-order valence-electron chi connectivity index (χ3n) is 4.30. The SMILES string of the molecule is CCc1ncc2c(n1)CN(Cc1cnn(-c3ccccc3)n1)CC2. The van der Waals surface area contributed by atoms with Crippen LogP contribution >= 0.6 is 0 Å². The first-order chi connectivity index (χ1) is 11.8. The molecule has 1 aliphatic heterocycles. The van der Waals surface area contributed by atoms with Gasteiger partial charge in [-0.05, 0) is 24.1 Å². The van der Waals surface area contributed by atoms with Crippen molar-refractivity contribution < 1.29 is 0 Å². The Morgan fingerprint density at radius 3 is 2.83 bits per heavy atom. The molecule has 0 saturated heterocycles. The third kappa shape index (κ3) is 3.05. The van der Waals surface area contributed by atoms with Crippen molar-refractivity contribution in [1.82, 2.24) is 29.9 Å². The van der Waals surface area contributed by atoms with E-state index in [2.05, 4.69) is 32.0 Å². The summed E-state index contributed by atoms with van der Waals surface area (Å²) in [7, 11) is 0. The lowest BCUT2D eigenvalue weighted by Crippen LogP contribution is -2.31. The molecule has 0 unspecified atom stereocenters. The molecule has 1 aliphatic rings. The zero-order valence-corrected chi connectivity index (χ0v) is 13.8. The van der Waals surface area contributed by atoms with Crippen LogP contribution in [-0.4, -0.2) is 36.4 Å². The van der Waals surface area contributed by atoms with Crippen molar-refractivity contribution >= 4 is 0 Å². The number of fused-ring (bicyclic) bond motifs is 1. The molecule has 0 saturated carbocycles. The third-order valence-corrected chi connectivity index (χ3v) is 4.30. The van der Waals surface area contributed by atoms with E-state index in [1.165, 1.54) is 5.56 Å². The smallest absolute Gasteiger partial charge is 0.128 e. The van der Waals surface area contributed by atoms with Gasteiger partial charge in [-0.1, -0.05) is 25.1 Å². The largest absolute Gasteiger partial charge is 0.291 e. The first-order valence-corrected chi connectivity index (χ1v) is 8.34. The van der Waals surface area contributed by atoms with E-state index >= 15 is 0 Å². The Labute approximate surface area is 141 Å². The highest BCUT2D eigenvalue weighted by Gasteiger charge is 2.19. The molecule has 0 bridgehead atoms. The van der Waals surface area contributed by atoms with E-state index in [4.69, 9.17) is 0 Å². The molecule has 3 heterocycles. The highest BCUT2D eigenvalue weighted by atomic mass is 15.5. The molecule has 6 heteroatoms. The number of para-hydroxylation sites is 1. The second-order valence-corrected chi connectivity index (χ2v) is 6.03. The fraction of sp³-hybridized carbons (Fsp3) is 0.333. The van der Waals surface area contributed by atoms with Crippen LogP contribution in [0.25, 0.3) is 5.69 Å². The van der Waals surface area contributed by atoms with E-state index in [1.807, 2.05) is 42.7 Å². The van der Waals surface area contributed by atoms with Gasteiger partial charge in [0.15, 0.2) is 0 Å². The molecule has 0 atom stereocenters. The lowest BCUT2D eigenvalue weighted by Gasteiger charge is -2.27. The zero-order chi connectivity index (χ0) is 16.4. The Morgan fingerprint density at radius 1 is 1.12 bits per heavy atom. The fourth-order valence-corrected chi connectivity index (χ4v) is 2.99. The summed E-state index contributed by atoms with van der Waals surface area (Å²) in [5, 5.41) is 8.97. The first-order valence-electron chi connectivity index (χ1n) is 8.34. The molecule has 0 fully saturated rings. The minimum Gasteiger partial charge on any atom is -0.291 e. The molecule has 4 rings (SSSR count). The van der Waals surface area contributed by atoms with Gasteiger partial charge < -0.3 is 0 Å². The molecule has 2 aromatic heterocycles. The van der Waals surface area contributed by atoms with Gasteiger partial charge in [0.2, 0.25) is 0 Å². The molecule has 122 valence electrons. The summed E-state index contributed by atoms with van der Waals surface area (Å²) in [5.41, 5.74) is 4.39. The number of benzene rings is 1. The number of hydrogen-bond donors (Lipinski definition) is 0. The Hall–Kier alpha value is -2.60. The average Bonchev–Trinajstić information content (AvgIpc) is 3.10. The first kappa shape index (κ1) is 15.0. The molecule has 0 spiro atoms. The van der Waals surface area contributed by atoms with Crippen molar-refractivity contribution in [3.05, 3.63) is 65.5 Å². The number of aryl methyl sites for hydroxylation is 1. The van der Waals surface area contributed by atoms with Gasteiger partial charge in [-0.25, -0.2) is 9.97 Å². The second-order valence-electron chi connectivity index (χ2n) is 6.03. The van der Waals surface area contributed by atoms with Gasteiger partial charge >= 0.3 is 0 Å². The molecule has 0 aliphatic carbocycles. The summed E-state index contributed by atoms with van der Waals surface area (Å²) in [6, 6.07) is 9.98. The topological polar surface area (TPSA) is 59.7 Å². The predicted octanol–water partition coefficient (Wildman–Crippen LogP) is 2.18. The van der Waals surface area contributed by atoms with Crippen LogP contribution in [0.3, 0.4) is 0 Å². The number of rotatable bonds is 4. The normalized spacial score (nSPS) is 14.5. The Balaban J connectivity index is 1.47. The Kier molecular flexibility index (Phi) is 4.04. The minimum absolute atomic E-state index is 0.789. The van der Waals surface area contributed by atoms with Gasteiger partial charge in [-0.2, -0.15) is 15.0 Å². The molecular weight excluding hydrogens is 300 g/mol. The number of hydrogen-bond acceptors (Lipinski definition) is 5. The maximum absolute atomic E-state index is 4.68. The monoisotopic (exact) mass is 320 g/mol. The van der Waals surface area contributed by atoms with Gasteiger partial charge in [-0.3, -0.25) is 4.90 Å². The number of nitrogens with zero attached hydrogens (tertiary/aromatic N) is 6. The summed E-state index contributed by atoms with van der Waals surface area (Å²) >= 11 is 0. The van der Waals surface area contributed by atoms with Crippen LogP contribution in [0.15, 0.2) is 42.7 Å². The van der Waals surface area contributed by atoms with Crippen LogP contribution in [0.1, 0.15) is 29.7 Å². The molecule has 0 N–H and O–H groups in total. The van der Waals surface area contributed by atoms with Gasteiger partial charge in [0.05, 0.1) is 23.3 Å². The Bertz CT molecular complexity index is 827. The van der Waals surface area contributed by atoms with Crippen LogP contribution in [-0.2, 0) is 25.9 Å². The molecule has 1 aromatic carbocycles. The Morgan fingerprint density at radius 2 is 2.00 bits per heavy atom. The second kappa shape index (κ2) is 6.49. The van der Waals surface area contributed by atoms with E-state index in [0.717, 1.165) is 55.4 Å². The zero-order valence-electron chi connectivity index (χ0n) is 13.8. The predicted molar refractivity (Wildman–Crippen MR) is 90.6 cm³/mol. The van der Waals surface area contributed by atoms with Gasteiger partial charge in [0, 0.05) is 32.3 Å². The van der Waals surface area contributed by atoms with Gasteiger partial charge in [0.1, 0.15) is 5.82 Å². The van der Waals surface area contributed by atoms with Crippen LogP contribution in [0.2, 0.25) is 0 Å². The quantitative estimate of drug-likeness (QED) is 0.737. The summed E-state index contributed by atoms with van der Waals surface area (Å²) in [6.45, 7) is 4.73. The van der Waals surface area contributed by atoms with E-state index in [9.17, 15) is 0 Å². The minimum atomic E-state index is 0.789. The van der Waals surface area contributed by atoms with Crippen molar-refractivity contribution in [3.63, 3.8) is 0 Å². The van der Waals surface area contributed by atoms with Crippen LogP contribution < -0.4 is 0 Å². The fourth-order valence-electron chi connectivity index (χ4n) is 2.99. The molecule has 3 aromatic rings. The summed E-state index contributed by atoms with van der Waals surface area (Å²) in [4.78, 5) is 13.1. The summed E-state index contributed by atoms with van der Waals surface area (Å²) in [5.74, 6) is 0.922. The van der Waals surface area contributed by atoms with Crippen molar-refractivity contribution in [1.29, 1.82) is 0 Å². The highest BCUT2D eigenvalue weighted by molar-refractivity contribution is 5.28. The molecule has 0 radical (unpaired) electrons. The summed E-state index contributed by atoms with van der Waals surface area (Å²) < 4.78 is 0. The number of aromatic nitrogens is 5. The van der Waals surface area contributed by atoms with Gasteiger partial charge in [-0.15, -0.1) is 0 Å². The maximum atomic E-state index is 4.68. The molecule has 24 heavy (non-hydrogen) atoms. The maximum Gasteiger partial charge on any atom is 0.128 e. The van der Waals surface area contributed by atoms with Crippen molar-refractivity contribution in [2.24, 2.45) is 0 Å². The van der Waals surface area contributed by atoms with Crippen LogP contribution in [0, 0.1) is 0 Å². The van der Waals surface area contributed by atoms with E-state index < -0.39 is 0 Å². The molecular formula is C18H20N6. The molecule has 0 amide bonds. The lowest BCUT2D eigenvalue weighted by atomic mass is 10.1. The average molecular weight is 320 g/mol. The lowest BCUT2D eigenvalue weighted by molar-refractivity contribution is 0.237. The van der Waals surface area contributed by atoms with E-state index in [-0.39, 0.29) is 0 Å². The van der Waals surface area contributed by atoms with Gasteiger partial charge in [0.25, 0.3) is 0 Å². The van der Waals surface area contributed by atoms with Crippen molar-refractivity contribution in [2.45, 2.75) is 32.9 Å².